The van der Waals surface area contributed by atoms with Crippen LogP contribution in [-0.4, -0.2) is 55.2 Å². The highest BCUT2D eigenvalue weighted by Crippen LogP contribution is 2.08. The molecule has 0 spiro atoms. The zero-order chi connectivity index (χ0) is 13.5. The molecular formula is C14H28N2O2. The summed E-state index contributed by atoms with van der Waals surface area (Å²) in [4.78, 5) is 16.2. The van der Waals surface area contributed by atoms with E-state index in [1.807, 2.05) is 4.90 Å². The van der Waals surface area contributed by atoms with Gasteiger partial charge in [0, 0.05) is 26.2 Å². The largest absolute Gasteiger partial charge is 0.449 e. The fourth-order valence-corrected chi connectivity index (χ4v) is 2.18. The van der Waals surface area contributed by atoms with E-state index in [0.717, 1.165) is 39.1 Å². The summed E-state index contributed by atoms with van der Waals surface area (Å²) in [5.41, 5.74) is 0. The summed E-state index contributed by atoms with van der Waals surface area (Å²) in [5.74, 6) is 1.09. The first-order valence-corrected chi connectivity index (χ1v) is 7.13. The van der Waals surface area contributed by atoms with Crippen LogP contribution in [0.5, 0.6) is 0 Å². The Morgan fingerprint density at radius 1 is 1.06 bits per heavy atom. The molecule has 106 valence electrons. The Bertz CT molecular complexity index is 254. The Morgan fingerprint density at radius 2 is 1.78 bits per heavy atom. The topological polar surface area (TPSA) is 32.8 Å². The molecule has 1 aliphatic rings. The molecule has 4 heteroatoms. The average Bonchev–Trinajstić information content (AvgIpc) is 2.50. The zero-order valence-corrected chi connectivity index (χ0v) is 12.3. The van der Waals surface area contributed by atoms with Crippen molar-refractivity contribution in [1.29, 1.82) is 0 Å². The van der Waals surface area contributed by atoms with Gasteiger partial charge >= 0.3 is 6.09 Å². The van der Waals surface area contributed by atoms with Gasteiger partial charge in [-0.25, -0.2) is 4.79 Å². The first-order valence-electron chi connectivity index (χ1n) is 7.13. The molecule has 0 atom stereocenters. The molecule has 1 amide bonds. The summed E-state index contributed by atoms with van der Waals surface area (Å²) in [7, 11) is 0. The Morgan fingerprint density at radius 3 is 2.39 bits per heavy atom. The average molecular weight is 256 g/mol. The molecule has 1 saturated heterocycles. The van der Waals surface area contributed by atoms with E-state index in [9.17, 15) is 4.79 Å². The SMILES string of the molecule is CC(C)COC(=O)N1CCCN(CC(C)C)CC1. The molecular weight excluding hydrogens is 228 g/mol. The second-order valence-electron chi connectivity index (χ2n) is 6.01. The molecule has 0 bridgehead atoms. The fourth-order valence-electron chi connectivity index (χ4n) is 2.18. The van der Waals surface area contributed by atoms with E-state index in [4.69, 9.17) is 4.74 Å². The monoisotopic (exact) mass is 256 g/mol. The minimum Gasteiger partial charge on any atom is -0.449 e. The number of carbonyl (C=O) groups is 1. The lowest BCUT2D eigenvalue weighted by atomic mass is 10.2. The van der Waals surface area contributed by atoms with Crippen LogP contribution in [0.25, 0.3) is 0 Å². The van der Waals surface area contributed by atoms with Gasteiger partial charge in [-0.2, -0.15) is 0 Å². The van der Waals surface area contributed by atoms with Crippen LogP contribution in [0.3, 0.4) is 0 Å². The Balaban J connectivity index is 2.34. The van der Waals surface area contributed by atoms with Crippen molar-refractivity contribution in [2.45, 2.75) is 34.1 Å². The molecule has 0 aromatic rings. The van der Waals surface area contributed by atoms with Gasteiger partial charge in [0.05, 0.1) is 6.61 Å². The normalized spacial score (nSPS) is 18.2. The van der Waals surface area contributed by atoms with Crippen LogP contribution in [0.2, 0.25) is 0 Å². The van der Waals surface area contributed by atoms with Gasteiger partial charge in [0.25, 0.3) is 0 Å². The highest BCUT2D eigenvalue weighted by molar-refractivity contribution is 5.67. The maximum atomic E-state index is 11.9. The molecule has 1 fully saturated rings. The third-order valence-corrected chi connectivity index (χ3v) is 3.01. The van der Waals surface area contributed by atoms with Crippen LogP contribution >= 0.6 is 0 Å². The second kappa shape index (κ2) is 7.62. The van der Waals surface area contributed by atoms with E-state index >= 15 is 0 Å². The van der Waals surface area contributed by atoms with Crippen LogP contribution < -0.4 is 0 Å². The molecule has 1 aliphatic heterocycles. The predicted molar refractivity (Wildman–Crippen MR) is 73.7 cm³/mol. The number of rotatable bonds is 4. The molecule has 1 rings (SSSR count). The van der Waals surface area contributed by atoms with Crippen LogP contribution in [0, 0.1) is 11.8 Å². The number of carbonyl (C=O) groups excluding carboxylic acids is 1. The van der Waals surface area contributed by atoms with Crippen molar-refractivity contribution >= 4 is 6.09 Å². The Labute approximate surface area is 111 Å². The Hall–Kier alpha value is -0.770. The minimum atomic E-state index is -0.143. The maximum Gasteiger partial charge on any atom is 0.409 e. The van der Waals surface area contributed by atoms with Crippen molar-refractivity contribution in [1.82, 2.24) is 9.80 Å². The van der Waals surface area contributed by atoms with Gasteiger partial charge in [-0.3, -0.25) is 0 Å². The summed E-state index contributed by atoms with van der Waals surface area (Å²) in [6.07, 6.45) is 0.902. The summed E-state index contributed by atoms with van der Waals surface area (Å²) in [6.45, 7) is 13.9. The van der Waals surface area contributed by atoms with Crippen molar-refractivity contribution in [3.05, 3.63) is 0 Å². The first-order chi connectivity index (χ1) is 8.49. The highest BCUT2D eigenvalue weighted by atomic mass is 16.6. The minimum absolute atomic E-state index is 0.143. The van der Waals surface area contributed by atoms with Crippen LogP contribution in [-0.2, 0) is 4.74 Å². The Kier molecular flexibility index (Phi) is 6.47. The van der Waals surface area contributed by atoms with E-state index < -0.39 is 0 Å². The lowest BCUT2D eigenvalue weighted by molar-refractivity contribution is 0.0929. The molecule has 0 aromatic carbocycles. The maximum absolute atomic E-state index is 11.9. The molecule has 18 heavy (non-hydrogen) atoms. The molecule has 0 unspecified atom stereocenters. The van der Waals surface area contributed by atoms with E-state index in [1.54, 1.807) is 0 Å². The number of nitrogens with zero attached hydrogens (tertiary/aromatic N) is 2. The van der Waals surface area contributed by atoms with Gasteiger partial charge in [0.2, 0.25) is 0 Å². The number of amides is 1. The number of hydrogen-bond acceptors (Lipinski definition) is 3. The molecule has 0 aliphatic carbocycles. The number of ether oxygens (including phenoxy) is 1. The molecule has 4 nitrogen and oxygen atoms in total. The number of hydrogen-bond donors (Lipinski definition) is 0. The van der Waals surface area contributed by atoms with Crippen molar-refractivity contribution in [3.8, 4) is 0 Å². The summed E-state index contributed by atoms with van der Waals surface area (Å²) in [5, 5.41) is 0. The van der Waals surface area contributed by atoms with E-state index in [2.05, 4.69) is 32.6 Å². The first kappa shape index (κ1) is 15.3. The summed E-state index contributed by atoms with van der Waals surface area (Å²) < 4.78 is 5.28. The third-order valence-electron chi connectivity index (χ3n) is 3.01. The lowest BCUT2D eigenvalue weighted by Gasteiger charge is -2.23. The quantitative estimate of drug-likeness (QED) is 0.774. The van der Waals surface area contributed by atoms with Crippen LogP contribution in [0.15, 0.2) is 0 Å². The lowest BCUT2D eigenvalue weighted by Crippen LogP contribution is -2.36. The standard InChI is InChI=1S/C14H28N2O2/c1-12(2)10-15-6-5-7-16(9-8-15)14(17)18-11-13(3)4/h12-13H,5-11H2,1-4H3. The molecule has 0 radical (unpaired) electrons. The molecule has 1 heterocycles. The smallest absolute Gasteiger partial charge is 0.409 e. The van der Waals surface area contributed by atoms with Gasteiger partial charge in [-0.15, -0.1) is 0 Å². The van der Waals surface area contributed by atoms with Gasteiger partial charge in [-0.05, 0) is 24.8 Å². The zero-order valence-electron chi connectivity index (χ0n) is 12.3. The van der Waals surface area contributed by atoms with E-state index in [-0.39, 0.29) is 6.09 Å². The van der Waals surface area contributed by atoms with Crippen molar-refractivity contribution in [2.24, 2.45) is 11.8 Å². The molecule has 0 N–H and O–H groups in total. The molecule has 0 aromatic heterocycles. The predicted octanol–water partition coefficient (Wildman–Crippen LogP) is 2.44. The summed E-state index contributed by atoms with van der Waals surface area (Å²) in [6, 6.07) is 0. The third kappa shape index (κ3) is 5.71. The summed E-state index contributed by atoms with van der Waals surface area (Å²) >= 11 is 0. The second-order valence-corrected chi connectivity index (χ2v) is 6.01. The van der Waals surface area contributed by atoms with Gasteiger partial charge in [0.1, 0.15) is 0 Å². The van der Waals surface area contributed by atoms with Crippen molar-refractivity contribution in [3.63, 3.8) is 0 Å². The van der Waals surface area contributed by atoms with Crippen LogP contribution in [0.1, 0.15) is 34.1 Å². The highest BCUT2D eigenvalue weighted by Gasteiger charge is 2.20. The van der Waals surface area contributed by atoms with Gasteiger partial charge in [0.15, 0.2) is 0 Å². The van der Waals surface area contributed by atoms with Crippen LogP contribution in [0.4, 0.5) is 4.79 Å². The van der Waals surface area contributed by atoms with Gasteiger partial charge in [-0.1, -0.05) is 27.7 Å². The van der Waals surface area contributed by atoms with Crippen molar-refractivity contribution < 1.29 is 9.53 Å². The van der Waals surface area contributed by atoms with E-state index in [0.29, 0.717) is 18.4 Å². The molecule has 0 saturated carbocycles. The van der Waals surface area contributed by atoms with E-state index in [1.165, 1.54) is 0 Å². The fraction of sp³-hybridized carbons (Fsp3) is 0.929. The van der Waals surface area contributed by atoms with Crippen molar-refractivity contribution in [2.75, 3.05) is 39.3 Å². The van der Waals surface area contributed by atoms with Gasteiger partial charge < -0.3 is 14.5 Å².